The molecule has 1 aliphatic rings. The second-order valence-corrected chi connectivity index (χ2v) is 10.3. The molecule has 0 spiro atoms. The van der Waals surface area contributed by atoms with Crippen LogP contribution in [-0.4, -0.2) is 43.9 Å². The first-order chi connectivity index (χ1) is 14.6. The van der Waals surface area contributed by atoms with E-state index < -0.39 is 56.4 Å². The Morgan fingerprint density at radius 2 is 1.90 bits per heavy atom. The Morgan fingerprint density at radius 1 is 1.23 bits per heavy atom. The molecule has 0 radical (unpaired) electrons. The number of amides is 1. The molecule has 1 saturated heterocycles. The Labute approximate surface area is 180 Å². The van der Waals surface area contributed by atoms with Gasteiger partial charge in [-0.15, -0.1) is 0 Å². The van der Waals surface area contributed by atoms with Gasteiger partial charge in [0.15, 0.2) is 9.84 Å². The van der Waals surface area contributed by atoms with Crippen molar-refractivity contribution in [3.05, 3.63) is 70.8 Å². The second-order valence-electron chi connectivity index (χ2n) is 7.94. The lowest BCUT2D eigenvalue weighted by Gasteiger charge is -2.35. The van der Waals surface area contributed by atoms with Crippen molar-refractivity contribution in [1.82, 2.24) is 5.32 Å². The van der Waals surface area contributed by atoms with Gasteiger partial charge in [-0.2, -0.15) is 0 Å². The number of aliphatic hydroxyl groups is 1. The van der Waals surface area contributed by atoms with Crippen LogP contribution in [0.2, 0.25) is 0 Å². The normalized spacial score (nSPS) is 23.9. The highest BCUT2D eigenvalue weighted by Gasteiger charge is 2.42. The smallest absolute Gasteiger partial charge is 0.218 e. The molecular formula is C22H26F2N2O4S. The molecule has 0 aromatic heterocycles. The zero-order valence-electron chi connectivity index (χ0n) is 17.1. The van der Waals surface area contributed by atoms with E-state index in [2.05, 4.69) is 5.32 Å². The standard InChI is InChI=1S/C22H26F2N2O4S/c1-13-20(31(29,30)21(11-26-13)14-5-3-2-4-6-14)8-15-7-19(24)17(10-18(15)23)16(12-27)9-22(25)28/h2-7,10,13,16,20-21,26-27H,8-9,11-12H2,1H3,(H2,25,28)/t13-,16?,20?,21-/m0/s1. The molecule has 6 nitrogen and oxygen atoms in total. The summed E-state index contributed by atoms with van der Waals surface area (Å²) < 4.78 is 56.2. The zero-order valence-corrected chi connectivity index (χ0v) is 17.9. The van der Waals surface area contributed by atoms with Gasteiger partial charge in [-0.1, -0.05) is 30.3 Å². The van der Waals surface area contributed by atoms with E-state index in [0.29, 0.717) is 5.56 Å². The van der Waals surface area contributed by atoms with Crippen LogP contribution >= 0.6 is 0 Å². The first-order valence-electron chi connectivity index (χ1n) is 10.0. The summed E-state index contributed by atoms with van der Waals surface area (Å²) in [5.41, 5.74) is 5.52. The number of hydrogen-bond acceptors (Lipinski definition) is 5. The van der Waals surface area contributed by atoms with Crippen molar-refractivity contribution in [2.24, 2.45) is 5.73 Å². The van der Waals surface area contributed by atoms with E-state index in [9.17, 15) is 27.1 Å². The number of nitrogens with two attached hydrogens (primary N) is 1. The molecule has 2 aromatic carbocycles. The molecule has 9 heteroatoms. The van der Waals surface area contributed by atoms with E-state index in [1.165, 1.54) is 0 Å². The Kier molecular flexibility index (Phi) is 7.08. The van der Waals surface area contributed by atoms with Crippen molar-refractivity contribution < 1.29 is 27.1 Å². The largest absolute Gasteiger partial charge is 0.396 e. The minimum absolute atomic E-state index is 0.0760. The fourth-order valence-electron chi connectivity index (χ4n) is 4.11. The summed E-state index contributed by atoms with van der Waals surface area (Å²) in [6.45, 7) is 1.38. The maximum absolute atomic E-state index is 14.8. The minimum Gasteiger partial charge on any atom is -0.396 e. The highest BCUT2D eigenvalue weighted by atomic mass is 32.2. The van der Waals surface area contributed by atoms with Gasteiger partial charge in [-0.05, 0) is 42.2 Å². The number of aliphatic hydroxyl groups excluding tert-OH is 1. The van der Waals surface area contributed by atoms with E-state index in [-0.39, 0.29) is 30.5 Å². The van der Waals surface area contributed by atoms with E-state index >= 15 is 0 Å². The predicted octanol–water partition coefficient (Wildman–Crippen LogP) is 1.98. The van der Waals surface area contributed by atoms with E-state index in [1.807, 2.05) is 0 Å². The number of primary amides is 1. The van der Waals surface area contributed by atoms with Gasteiger partial charge in [0.05, 0.1) is 17.1 Å². The molecule has 3 rings (SSSR count). The van der Waals surface area contributed by atoms with Gasteiger partial charge >= 0.3 is 0 Å². The van der Waals surface area contributed by atoms with Crippen molar-refractivity contribution in [3.8, 4) is 0 Å². The summed E-state index contributed by atoms with van der Waals surface area (Å²) in [7, 11) is -3.69. The Balaban J connectivity index is 1.91. The number of hydrogen-bond donors (Lipinski definition) is 3. The van der Waals surface area contributed by atoms with Crippen molar-refractivity contribution in [2.75, 3.05) is 13.2 Å². The van der Waals surface area contributed by atoms with Crippen LogP contribution in [0.3, 0.4) is 0 Å². The van der Waals surface area contributed by atoms with Gasteiger partial charge in [-0.25, -0.2) is 17.2 Å². The Morgan fingerprint density at radius 3 is 2.52 bits per heavy atom. The third-order valence-corrected chi connectivity index (χ3v) is 8.52. The van der Waals surface area contributed by atoms with E-state index in [0.717, 1.165) is 12.1 Å². The summed E-state index contributed by atoms with van der Waals surface area (Å²) in [6, 6.07) is 10.2. The van der Waals surface area contributed by atoms with E-state index in [4.69, 9.17) is 5.73 Å². The van der Waals surface area contributed by atoms with Crippen LogP contribution in [0.25, 0.3) is 0 Å². The summed E-state index contributed by atoms with van der Waals surface area (Å²) in [5.74, 6) is -3.32. The molecule has 2 unspecified atom stereocenters. The van der Waals surface area contributed by atoms with Crippen LogP contribution in [0, 0.1) is 11.6 Å². The molecule has 4 atom stereocenters. The zero-order chi connectivity index (χ0) is 22.8. The molecular weight excluding hydrogens is 426 g/mol. The van der Waals surface area contributed by atoms with Crippen LogP contribution in [0.4, 0.5) is 8.78 Å². The summed E-state index contributed by atoms with van der Waals surface area (Å²) in [6.07, 6.45) is -0.536. The van der Waals surface area contributed by atoms with Gasteiger partial charge in [0, 0.05) is 24.9 Å². The van der Waals surface area contributed by atoms with Crippen molar-refractivity contribution >= 4 is 15.7 Å². The number of benzene rings is 2. The van der Waals surface area contributed by atoms with Crippen LogP contribution in [0.1, 0.15) is 41.2 Å². The fraction of sp³-hybridized carbons (Fsp3) is 0.409. The monoisotopic (exact) mass is 452 g/mol. The molecule has 0 bridgehead atoms. The predicted molar refractivity (Wildman–Crippen MR) is 113 cm³/mol. The molecule has 0 saturated carbocycles. The molecule has 0 aliphatic carbocycles. The van der Waals surface area contributed by atoms with Crippen LogP contribution in [-0.2, 0) is 21.1 Å². The lowest BCUT2D eigenvalue weighted by molar-refractivity contribution is -0.118. The maximum Gasteiger partial charge on any atom is 0.218 e. The van der Waals surface area contributed by atoms with Gasteiger partial charge < -0.3 is 16.2 Å². The Bertz CT molecular complexity index is 1050. The molecule has 31 heavy (non-hydrogen) atoms. The molecule has 1 fully saturated rings. The van der Waals surface area contributed by atoms with Crippen LogP contribution in [0.5, 0.6) is 0 Å². The summed E-state index contributed by atoms with van der Waals surface area (Å²) >= 11 is 0. The van der Waals surface area contributed by atoms with Crippen molar-refractivity contribution in [2.45, 2.75) is 42.2 Å². The highest BCUT2D eigenvalue weighted by Crippen LogP contribution is 2.33. The number of carbonyl (C=O) groups is 1. The Hall–Kier alpha value is -2.36. The minimum atomic E-state index is -3.69. The molecule has 168 valence electrons. The quantitative estimate of drug-likeness (QED) is 0.595. The topological polar surface area (TPSA) is 109 Å². The van der Waals surface area contributed by atoms with Crippen molar-refractivity contribution in [3.63, 3.8) is 0 Å². The molecule has 1 amide bonds. The van der Waals surface area contributed by atoms with Gasteiger partial charge in [0.1, 0.15) is 11.6 Å². The number of halogens is 2. The molecule has 2 aromatic rings. The highest BCUT2D eigenvalue weighted by molar-refractivity contribution is 7.92. The lowest BCUT2D eigenvalue weighted by Crippen LogP contribution is -2.53. The summed E-state index contributed by atoms with van der Waals surface area (Å²) in [5, 5.41) is 10.9. The van der Waals surface area contributed by atoms with Gasteiger partial charge in [0.25, 0.3) is 0 Å². The first-order valence-corrected chi connectivity index (χ1v) is 11.6. The fourth-order valence-corrected chi connectivity index (χ4v) is 6.47. The van der Waals surface area contributed by atoms with E-state index in [1.54, 1.807) is 37.3 Å². The lowest BCUT2D eigenvalue weighted by atomic mass is 9.93. The number of sulfone groups is 1. The third kappa shape index (κ3) is 4.94. The second kappa shape index (κ2) is 9.42. The van der Waals surface area contributed by atoms with Gasteiger partial charge in [-0.3, -0.25) is 4.79 Å². The molecule has 1 heterocycles. The first kappa shape index (κ1) is 23.3. The van der Waals surface area contributed by atoms with Crippen LogP contribution in [0.15, 0.2) is 42.5 Å². The number of carbonyl (C=O) groups excluding carboxylic acids is 1. The number of nitrogens with one attached hydrogen (secondary N) is 1. The summed E-state index contributed by atoms with van der Waals surface area (Å²) in [4.78, 5) is 11.1. The van der Waals surface area contributed by atoms with Gasteiger partial charge in [0.2, 0.25) is 5.91 Å². The molecule has 4 N–H and O–H groups in total. The van der Waals surface area contributed by atoms with Crippen molar-refractivity contribution in [1.29, 1.82) is 0 Å². The average Bonchev–Trinajstić information content (AvgIpc) is 2.72. The SMILES string of the molecule is C[C@@H]1NC[C@@H](c2ccccc2)S(=O)(=O)C1Cc1cc(F)c(C(CO)CC(N)=O)cc1F. The molecule has 1 aliphatic heterocycles. The maximum atomic E-state index is 14.8. The number of rotatable bonds is 7. The van der Waals surface area contributed by atoms with Crippen LogP contribution < -0.4 is 11.1 Å². The third-order valence-electron chi connectivity index (χ3n) is 5.87. The average molecular weight is 453 g/mol.